The maximum atomic E-state index is 13.7. The molecular formula is C47H45N3O8S2. The highest BCUT2D eigenvalue weighted by atomic mass is 32.2. The van der Waals surface area contributed by atoms with Crippen LogP contribution in [0.25, 0.3) is 11.1 Å². The average molecular weight is 844 g/mol. The lowest BCUT2D eigenvalue weighted by Gasteiger charge is -2.36. The molecule has 0 saturated carbocycles. The number of rotatable bonds is 16. The minimum absolute atomic E-state index is 0.0714. The Morgan fingerprint density at radius 2 is 1.52 bits per heavy atom. The van der Waals surface area contributed by atoms with Crippen LogP contribution in [0.15, 0.2) is 156 Å². The van der Waals surface area contributed by atoms with E-state index in [0.717, 1.165) is 44.5 Å². The number of amides is 1. The number of nitrogens with one attached hydrogen (secondary N) is 2. The van der Waals surface area contributed by atoms with Gasteiger partial charge in [0.15, 0.2) is 6.29 Å². The lowest BCUT2D eigenvalue weighted by molar-refractivity contribution is -0.245. The number of carbonyl (C=O) groups is 2. The summed E-state index contributed by atoms with van der Waals surface area (Å²) in [5.74, 6) is -1.06. The molecule has 0 unspecified atom stereocenters. The number of pyridine rings is 1. The van der Waals surface area contributed by atoms with Crippen LogP contribution in [-0.4, -0.2) is 53.4 Å². The van der Waals surface area contributed by atoms with E-state index in [1.807, 2.05) is 110 Å². The number of carbonyl (C=O) groups excluding carboxylic acids is 1. The second-order valence-electron chi connectivity index (χ2n) is 14.5. The number of hydrogen-bond donors (Lipinski definition) is 4. The predicted molar refractivity (Wildman–Crippen MR) is 230 cm³/mol. The monoisotopic (exact) mass is 843 g/mol. The van der Waals surface area contributed by atoms with Gasteiger partial charge in [-0.1, -0.05) is 109 Å². The summed E-state index contributed by atoms with van der Waals surface area (Å²) in [6.45, 7) is 1.96. The molecule has 1 aliphatic heterocycles. The summed E-state index contributed by atoms with van der Waals surface area (Å²) in [4.78, 5) is 30.0. The van der Waals surface area contributed by atoms with Crippen LogP contribution in [0, 0.1) is 6.92 Å². The number of nitrogens with zero attached hydrogens (tertiary/aromatic N) is 1. The van der Waals surface area contributed by atoms with E-state index in [4.69, 9.17) is 9.47 Å². The highest BCUT2D eigenvalue weighted by Crippen LogP contribution is 2.40. The number of aryl methyl sites for hydroxylation is 1. The third-order valence-corrected chi connectivity index (χ3v) is 12.8. The van der Waals surface area contributed by atoms with E-state index >= 15 is 0 Å². The number of aliphatic hydroxyl groups excluding tert-OH is 1. The van der Waals surface area contributed by atoms with Gasteiger partial charge in [0.05, 0.1) is 29.3 Å². The molecule has 308 valence electrons. The SMILES string of the molecule is Cc1ccc(S(=O)(=O)N[C@H](Cc2ccccc2)C(=O)NCc2cccc(-c3cccc([C@H]4O[C@@H](CSc5ncccc5C(=O)O)C[C@@H](c5ccc(CO)cc5)O4)c3)c2)cc1. The molecule has 11 nitrogen and oxygen atoms in total. The van der Waals surface area contributed by atoms with Crippen molar-refractivity contribution in [3.8, 4) is 11.1 Å². The molecule has 1 fully saturated rings. The van der Waals surface area contributed by atoms with E-state index in [2.05, 4.69) is 15.0 Å². The van der Waals surface area contributed by atoms with E-state index in [1.165, 1.54) is 30.0 Å². The number of aliphatic hydroxyl groups is 1. The Kier molecular flexibility index (Phi) is 13.9. The maximum Gasteiger partial charge on any atom is 0.338 e. The van der Waals surface area contributed by atoms with Crippen molar-refractivity contribution >= 4 is 33.7 Å². The number of carboxylic acids is 1. The van der Waals surface area contributed by atoms with Crippen LogP contribution < -0.4 is 10.0 Å². The first kappa shape index (κ1) is 42.5. The summed E-state index contributed by atoms with van der Waals surface area (Å²) in [6, 6.07) is 41.0. The van der Waals surface area contributed by atoms with Crippen molar-refractivity contribution in [1.29, 1.82) is 0 Å². The summed E-state index contributed by atoms with van der Waals surface area (Å²) < 4.78 is 42.5. The molecule has 13 heteroatoms. The second-order valence-corrected chi connectivity index (χ2v) is 17.3. The van der Waals surface area contributed by atoms with Crippen molar-refractivity contribution < 1.29 is 37.7 Å². The largest absolute Gasteiger partial charge is 0.478 e. The third kappa shape index (κ3) is 10.9. The normalized spacial score (nSPS) is 17.1. The Bertz CT molecular complexity index is 2520. The van der Waals surface area contributed by atoms with E-state index in [0.29, 0.717) is 17.2 Å². The van der Waals surface area contributed by atoms with Gasteiger partial charge in [-0.25, -0.2) is 18.2 Å². The van der Waals surface area contributed by atoms with Gasteiger partial charge in [0.1, 0.15) is 11.1 Å². The van der Waals surface area contributed by atoms with Crippen molar-refractivity contribution in [2.75, 3.05) is 5.75 Å². The van der Waals surface area contributed by atoms with Gasteiger partial charge in [-0.05, 0) is 83.1 Å². The topological polar surface area (TPSA) is 164 Å². The second kappa shape index (κ2) is 19.6. The first-order valence-corrected chi connectivity index (χ1v) is 21.9. The molecule has 1 aliphatic rings. The first-order valence-electron chi connectivity index (χ1n) is 19.5. The van der Waals surface area contributed by atoms with Gasteiger partial charge in [-0.2, -0.15) is 4.72 Å². The van der Waals surface area contributed by atoms with Crippen LogP contribution in [0.1, 0.15) is 62.6 Å². The molecule has 1 aromatic heterocycles. The summed E-state index contributed by atoms with van der Waals surface area (Å²) >= 11 is 1.33. The number of hydrogen-bond acceptors (Lipinski definition) is 9. The molecule has 2 heterocycles. The smallest absolute Gasteiger partial charge is 0.338 e. The molecule has 7 rings (SSSR count). The van der Waals surface area contributed by atoms with Gasteiger partial charge < -0.3 is 25.0 Å². The fraction of sp³-hybridized carbons (Fsp3) is 0.213. The molecule has 60 heavy (non-hydrogen) atoms. The lowest BCUT2D eigenvalue weighted by atomic mass is 9.99. The van der Waals surface area contributed by atoms with Crippen LogP contribution in [0.4, 0.5) is 0 Å². The van der Waals surface area contributed by atoms with Gasteiger partial charge in [0.2, 0.25) is 15.9 Å². The molecule has 1 saturated heterocycles. The highest BCUT2D eigenvalue weighted by Gasteiger charge is 2.33. The minimum Gasteiger partial charge on any atom is -0.478 e. The summed E-state index contributed by atoms with van der Waals surface area (Å²) in [7, 11) is -3.99. The molecule has 0 bridgehead atoms. The standard InChI is InChI=1S/C47H45N3O8S2/c1-31-15-21-40(22-16-31)60(55,56)50-42(25-32-8-3-2-4-9-32)44(52)49-28-34-10-5-11-36(24-34)37-12-6-13-38(26-37)47-57-39(30-59-45-41(46(53)54)14-7-23-48-45)27-43(58-47)35-19-17-33(29-51)18-20-35/h2-24,26,39,42-43,47,50-51H,25,27-30H2,1H3,(H,49,52)(H,53,54)/t39-,42-,43+,47+/m1/s1. The number of ether oxygens (including phenoxy) is 2. The van der Waals surface area contributed by atoms with Crippen LogP contribution >= 0.6 is 11.8 Å². The van der Waals surface area contributed by atoms with Crippen molar-refractivity contribution in [3.63, 3.8) is 0 Å². The summed E-state index contributed by atoms with van der Waals surface area (Å²) in [5.41, 5.74) is 6.96. The van der Waals surface area contributed by atoms with E-state index < -0.39 is 34.2 Å². The zero-order valence-electron chi connectivity index (χ0n) is 32.8. The van der Waals surface area contributed by atoms with Gasteiger partial charge in [-0.15, -0.1) is 11.8 Å². The molecule has 4 atom stereocenters. The van der Waals surface area contributed by atoms with Crippen LogP contribution in [0.2, 0.25) is 0 Å². The molecule has 4 N–H and O–H groups in total. The summed E-state index contributed by atoms with van der Waals surface area (Å²) in [5, 5.41) is 22.7. The number of thioether (sulfide) groups is 1. The molecule has 6 aromatic rings. The van der Waals surface area contributed by atoms with Gasteiger partial charge in [-0.3, -0.25) is 4.79 Å². The number of aromatic carboxylic acids is 1. The van der Waals surface area contributed by atoms with Crippen LogP contribution in [-0.2, 0) is 43.9 Å². The minimum atomic E-state index is -3.99. The Labute approximate surface area is 353 Å². The van der Waals surface area contributed by atoms with Crippen LogP contribution in [0.5, 0.6) is 0 Å². The number of carboxylic acid groups (broad SMARTS) is 1. The number of sulfonamides is 1. The zero-order chi connectivity index (χ0) is 42.1. The molecular weight excluding hydrogens is 799 g/mol. The fourth-order valence-electron chi connectivity index (χ4n) is 6.91. The molecule has 0 aliphatic carbocycles. The van der Waals surface area contributed by atoms with Gasteiger partial charge in [0, 0.05) is 30.5 Å². The van der Waals surface area contributed by atoms with Gasteiger partial charge >= 0.3 is 5.97 Å². The van der Waals surface area contributed by atoms with Crippen molar-refractivity contribution in [3.05, 3.63) is 185 Å². The number of benzene rings is 5. The van der Waals surface area contributed by atoms with Gasteiger partial charge in [0.25, 0.3) is 0 Å². The van der Waals surface area contributed by atoms with Crippen molar-refractivity contribution in [2.24, 2.45) is 0 Å². The molecule has 1 amide bonds. The lowest BCUT2D eigenvalue weighted by Crippen LogP contribution is -2.47. The van der Waals surface area contributed by atoms with Crippen molar-refractivity contribution in [1.82, 2.24) is 15.0 Å². The quantitative estimate of drug-likeness (QED) is 0.0708. The fourth-order valence-corrected chi connectivity index (χ4v) is 9.11. The predicted octanol–water partition coefficient (Wildman–Crippen LogP) is 7.79. The average Bonchev–Trinajstić information content (AvgIpc) is 3.28. The highest BCUT2D eigenvalue weighted by molar-refractivity contribution is 7.99. The van der Waals surface area contributed by atoms with Crippen molar-refractivity contribution in [2.45, 2.75) is 67.4 Å². The molecule has 0 radical (unpaired) electrons. The zero-order valence-corrected chi connectivity index (χ0v) is 34.4. The first-order chi connectivity index (χ1) is 29.0. The Morgan fingerprint density at radius 3 is 2.25 bits per heavy atom. The maximum absolute atomic E-state index is 13.7. The Balaban J connectivity index is 1.07. The van der Waals surface area contributed by atoms with E-state index in [-0.39, 0.29) is 42.2 Å². The van der Waals surface area contributed by atoms with E-state index in [9.17, 15) is 28.2 Å². The number of aromatic nitrogens is 1. The molecule has 5 aromatic carbocycles. The molecule has 0 spiro atoms. The summed E-state index contributed by atoms with van der Waals surface area (Å²) in [6.07, 6.45) is 0.848. The van der Waals surface area contributed by atoms with E-state index in [1.54, 1.807) is 24.4 Å². The Morgan fingerprint density at radius 1 is 0.800 bits per heavy atom. The Hall–Kier alpha value is -5.67. The third-order valence-electron chi connectivity index (χ3n) is 10.1. The van der Waals surface area contributed by atoms with Crippen LogP contribution in [0.3, 0.4) is 0 Å².